The number of anilines is 1. The maximum Gasteiger partial charge on any atom is 0.253 e. The maximum absolute atomic E-state index is 12.9. The van der Waals surface area contributed by atoms with Crippen LogP contribution in [0.2, 0.25) is 0 Å². The third-order valence-corrected chi connectivity index (χ3v) is 6.26. The Balaban J connectivity index is 1.56. The van der Waals surface area contributed by atoms with Crippen molar-refractivity contribution >= 4 is 17.5 Å². The lowest BCUT2D eigenvalue weighted by Gasteiger charge is -2.35. The molecule has 1 aliphatic heterocycles. The van der Waals surface area contributed by atoms with E-state index in [1.54, 1.807) is 7.11 Å². The minimum atomic E-state index is -0.0669. The van der Waals surface area contributed by atoms with Crippen molar-refractivity contribution in [1.82, 2.24) is 10.6 Å². The van der Waals surface area contributed by atoms with Crippen molar-refractivity contribution in [2.75, 3.05) is 31.6 Å². The van der Waals surface area contributed by atoms with Crippen molar-refractivity contribution in [3.8, 4) is 5.75 Å². The highest BCUT2D eigenvalue weighted by Crippen LogP contribution is 2.25. The Morgan fingerprint density at radius 3 is 2.50 bits per heavy atom. The van der Waals surface area contributed by atoms with E-state index in [4.69, 9.17) is 4.74 Å². The molecular weight excluding hydrogens is 402 g/mol. The Labute approximate surface area is 191 Å². The summed E-state index contributed by atoms with van der Waals surface area (Å²) in [5.41, 5.74) is 2.72. The zero-order chi connectivity index (χ0) is 22.9. The molecule has 3 rings (SSSR count). The van der Waals surface area contributed by atoms with Crippen molar-refractivity contribution in [2.24, 2.45) is 5.92 Å². The van der Waals surface area contributed by atoms with Crippen LogP contribution in [-0.2, 0) is 11.2 Å². The fourth-order valence-electron chi connectivity index (χ4n) is 4.05. The number of nitrogens with one attached hydrogen (secondary N) is 2. The molecule has 1 fully saturated rings. The molecule has 0 saturated carbocycles. The van der Waals surface area contributed by atoms with E-state index in [2.05, 4.69) is 15.5 Å². The average molecular weight is 438 g/mol. The number of hydrogen-bond donors (Lipinski definition) is 2. The van der Waals surface area contributed by atoms with Crippen LogP contribution in [0.5, 0.6) is 5.75 Å². The molecule has 0 bridgehead atoms. The van der Waals surface area contributed by atoms with Gasteiger partial charge in [0.15, 0.2) is 0 Å². The number of nitrogens with zero attached hydrogens (tertiary/aromatic N) is 1. The number of rotatable bonds is 9. The van der Waals surface area contributed by atoms with Gasteiger partial charge in [0.2, 0.25) is 5.91 Å². The number of carbonyl (C=O) groups excluding carboxylic acids is 2. The van der Waals surface area contributed by atoms with E-state index in [0.717, 1.165) is 49.4 Å². The van der Waals surface area contributed by atoms with Crippen molar-refractivity contribution in [3.63, 3.8) is 0 Å². The highest BCUT2D eigenvalue weighted by Gasteiger charge is 2.24. The van der Waals surface area contributed by atoms with Crippen molar-refractivity contribution in [3.05, 3.63) is 59.7 Å². The third kappa shape index (κ3) is 6.02. The molecule has 2 amide bonds. The standard InChI is InChI=1S/C26H35N3O3/c1-4-19(2)25(30)28-21-14-17-29(18-15-21)23-11-7-6-10-22(23)26(31)27-16-13-20-9-5-8-12-24(20)32-3/h5-12,19,21H,4,13-18H2,1-3H3,(H,27,31)(H,28,30)/t19-/m0/s1. The Morgan fingerprint density at radius 2 is 1.78 bits per heavy atom. The zero-order valence-electron chi connectivity index (χ0n) is 19.4. The molecule has 1 aliphatic rings. The molecule has 1 saturated heterocycles. The van der Waals surface area contributed by atoms with Gasteiger partial charge >= 0.3 is 0 Å². The third-order valence-electron chi connectivity index (χ3n) is 6.26. The molecule has 6 nitrogen and oxygen atoms in total. The Hall–Kier alpha value is -3.02. The van der Waals surface area contributed by atoms with Gasteiger partial charge in [-0.1, -0.05) is 44.2 Å². The van der Waals surface area contributed by atoms with E-state index in [-0.39, 0.29) is 23.8 Å². The fraction of sp³-hybridized carbons (Fsp3) is 0.462. The van der Waals surface area contributed by atoms with Crippen LogP contribution in [-0.4, -0.2) is 44.6 Å². The first-order chi connectivity index (χ1) is 15.5. The minimum absolute atomic E-state index is 0.0494. The lowest BCUT2D eigenvalue weighted by atomic mass is 10.0. The van der Waals surface area contributed by atoms with Crippen molar-refractivity contribution in [2.45, 2.75) is 45.6 Å². The number of piperidine rings is 1. The number of para-hydroxylation sites is 2. The molecule has 0 aromatic heterocycles. The lowest BCUT2D eigenvalue weighted by Crippen LogP contribution is -2.46. The predicted octanol–water partition coefficient (Wildman–Crippen LogP) is 3.80. The van der Waals surface area contributed by atoms with E-state index in [9.17, 15) is 9.59 Å². The van der Waals surface area contributed by atoms with Gasteiger partial charge in [-0.05, 0) is 49.4 Å². The normalized spacial score (nSPS) is 15.2. The van der Waals surface area contributed by atoms with Crippen LogP contribution >= 0.6 is 0 Å². The molecule has 6 heteroatoms. The van der Waals surface area contributed by atoms with E-state index in [0.29, 0.717) is 18.5 Å². The Morgan fingerprint density at radius 1 is 1.09 bits per heavy atom. The highest BCUT2D eigenvalue weighted by molar-refractivity contribution is 5.99. The van der Waals surface area contributed by atoms with Crippen LogP contribution in [0.4, 0.5) is 5.69 Å². The second-order valence-corrected chi connectivity index (χ2v) is 8.41. The Kier molecular flexibility index (Phi) is 8.54. The summed E-state index contributed by atoms with van der Waals surface area (Å²) in [6.07, 6.45) is 3.32. The molecular formula is C26H35N3O3. The molecule has 0 spiro atoms. The van der Waals surface area contributed by atoms with Gasteiger partial charge < -0.3 is 20.3 Å². The molecule has 32 heavy (non-hydrogen) atoms. The summed E-state index contributed by atoms with van der Waals surface area (Å²) in [5.74, 6) is 0.960. The molecule has 0 radical (unpaired) electrons. The van der Waals surface area contributed by atoms with E-state index < -0.39 is 0 Å². The summed E-state index contributed by atoms with van der Waals surface area (Å²) in [6, 6.07) is 15.8. The van der Waals surface area contributed by atoms with Crippen molar-refractivity contribution in [1.29, 1.82) is 0 Å². The summed E-state index contributed by atoms with van der Waals surface area (Å²) in [7, 11) is 1.66. The van der Waals surface area contributed by atoms with Crippen LogP contribution in [0.25, 0.3) is 0 Å². The first kappa shape index (κ1) is 23.6. The van der Waals surface area contributed by atoms with Crippen LogP contribution in [0.1, 0.15) is 49.0 Å². The monoisotopic (exact) mass is 437 g/mol. The topological polar surface area (TPSA) is 70.7 Å². The molecule has 172 valence electrons. The van der Waals surface area contributed by atoms with Gasteiger partial charge in [-0.2, -0.15) is 0 Å². The SMILES string of the molecule is CC[C@H](C)C(=O)NC1CCN(c2ccccc2C(=O)NCCc2ccccc2OC)CC1. The second kappa shape index (κ2) is 11.6. The fourth-order valence-corrected chi connectivity index (χ4v) is 4.05. The van der Waals surface area contributed by atoms with Gasteiger partial charge in [0.1, 0.15) is 5.75 Å². The first-order valence-electron chi connectivity index (χ1n) is 11.6. The van der Waals surface area contributed by atoms with Crippen molar-refractivity contribution < 1.29 is 14.3 Å². The predicted molar refractivity (Wildman–Crippen MR) is 128 cm³/mol. The van der Waals surface area contributed by atoms with Gasteiger partial charge in [-0.15, -0.1) is 0 Å². The van der Waals surface area contributed by atoms with Crippen LogP contribution in [0.15, 0.2) is 48.5 Å². The van der Waals surface area contributed by atoms with Gasteiger partial charge in [0.25, 0.3) is 5.91 Å². The molecule has 0 unspecified atom stereocenters. The lowest BCUT2D eigenvalue weighted by molar-refractivity contribution is -0.125. The molecule has 1 atom stereocenters. The molecule has 1 heterocycles. The minimum Gasteiger partial charge on any atom is -0.496 e. The number of ether oxygens (including phenoxy) is 1. The summed E-state index contributed by atoms with van der Waals surface area (Å²) >= 11 is 0. The first-order valence-corrected chi connectivity index (χ1v) is 11.6. The number of carbonyl (C=O) groups is 2. The van der Waals surface area contributed by atoms with Gasteiger partial charge in [0.05, 0.1) is 12.7 Å². The molecule has 0 aliphatic carbocycles. The van der Waals surface area contributed by atoms with Gasteiger partial charge in [-0.3, -0.25) is 9.59 Å². The quantitative estimate of drug-likeness (QED) is 0.626. The average Bonchev–Trinajstić information content (AvgIpc) is 2.84. The van der Waals surface area contributed by atoms with Crippen LogP contribution in [0, 0.1) is 5.92 Å². The number of amides is 2. The van der Waals surface area contributed by atoms with E-state index in [1.165, 1.54) is 0 Å². The second-order valence-electron chi connectivity index (χ2n) is 8.41. The largest absolute Gasteiger partial charge is 0.496 e. The van der Waals surface area contributed by atoms with Crippen LogP contribution < -0.4 is 20.3 Å². The molecule has 2 N–H and O–H groups in total. The summed E-state index contributed by atoms with van der Waals surface area (Å²) in [5, 5.41) is 6.23. The Bertz CT molecular complexity index is 907. The summed E-state index contributed by atoms with van der Waals surface area (Å²) in [6.45, 7) is 6.17. The number of methoxy groups -OCH3 is 1. The molecule has 2 aromatic carbocycles. The smallest absolute Gasteiger partial charge is 0.253 e. The zero-order valence-corrected chi connectivity index (χ0v) is 19.4. The van der Waals surface area contributed by atoms with Crippen LogP contribution in [0.3, 0.4) is 0 Å². The van der Waals surface area contributed by atoms with E-state index >= 15 is 0 Å². The van der Waals surface area contributed by atoms with E-state index in [1.807, 2.05) is 62.4 Å². The maximum atomic E-state index is 12.9. The molecule has 2 aromatic rings. The highest BCUT2D eigenvalue weighted by atomic mass is 16.5. The summed E-state index contributed by atoms with van der Waals surface area (Å²) < 4.78 is 5.39. The van der Waals surface area contributed by atoms with Gasteiger partial charge in [0, 0.05) is 37.3 Å². The number of hydrogen-bond acceptors (Lipinski definition) is 4. The van der Waals surface area contributed by atoms with Gasteiger partial charge in [-0.25, -0.2) is 0 Å². The summed E-state index contributed by atoms with van der Waals surface area (Å²) in [4.78, 5) is 27.4. The number of benzene rings is 2.